The highest BCUT2D eigenvalue weighted by Crippen LogP contribution is 2.25. The standard InChI is InChI=1S/C22H28FN3O2/c1-4-5-17(16-6-8-18(23)9-7-16)14-21(27)24-15-22(28)25-19-10-12-20(13-11-19)26(2)3/h6-13,17H,4-5,14-15H2,1-3H3,(H,24,27)(H,25,28). The third-order valence-electron chi connectivity index (χ3n) is 4.52. The summed E-state index contributed by atoms with van der Waals surface area (Å²) in [5.74, 6) is -0.758. The van der Waals surface area contributed by atoms with E-state index >= 15 is 0 Å². The first-order valence-electron chi connectivity index (χ1n) is 9.48. The number of halogens is 1. The lowest BCUT2D eigenvalue weighted by Crippen LogP contribution is -2.33. The van der Waals surface area contributed by atoms with Gasteiger partial charge in [0.2, 0.25) is 11.8 Å². The van der Waals surface area contributed by atoms with Gasteiger partial charge in [0, 0.05) is 31.9 Å². The second-order valence-corrected chi connectivity index (χ2v) is 7.01. The van der Waals surface area contributed by atoms with Crippen LogP contribution in [0.2, 0.25) is 0 Å². The minimum absolute atomic E-state index is 0.00670. The average molecular weight is 385 g/mol. The van der Waals surface area contributed by atoms with Crippen LogP contribution in [0.15, 0.2) is 48.5 Å². The molecular weight excluding hydrogens is 357 g/mol. The van der Waals surface area contributed by atoms with Crippen LogP contribution in [0, 0.1) is 5.82 Å². The maximum Gasteiger partial charge on any atom is 0.243 e. The van der Waals surface area contributed by atoms with Crippen molar-refractivity contribution in [2.24, 2.45) is 0 Å². The van der Waals surface area contributed by atoms with E-state index in [0.717, 1.165) is 24.1 Å². The minimum atomic E-state index is -0.293. The Kier molecular flexibility index (Phi) is 7.99. The topological polar surface area (TPSA) is 61.4 Å². The molecule has 0 heterocycles. The molecule has 1 unspecified atom stereocenters. The fourth-order valence-corrected chi connectivity index (χ4v) is 2.99. The second-order valence-electron chi connectivity index (χ2n) is 7.01. The first kappa shape index (κ1) is 21.4. The van der Waals surface area contributed by atoms with Crippen LogP contribution in [-0.4, -0.2) is 32.5 Å². The summed E-state index contributed by atoms with van der Waals surface area (Å²) in [6.07, 6.45) is 2.01. The van der Waals surface area contributed by atoms with Crippen molar-refractivity contribution in [3.05, 3.63) is 59.9 Å². The summed E-state index contributed by atoms with van der Waals surface area (Å²) in [5.41, 5.74) is 2.65. The average Bonchev–Trinajstić information content (AvgIpc) is 2.67. The molecule has 2 rings (SSSR count). The molecule has 0 aliphatic heterocycles. The summed E-state index contributed by atoms with van der Waals surface area (Å²) in [6.45, 7) is 1.96. The summed E-state index contributed by atoms with van der Waals surface area (Å²) in [5, 5.41) is 5.44. The zero-order chi connectivity index (χ0) is 20.5. The van der Waals surface area contributed by atoms with Crippen LogP contribution < -0.4 is 15.5 Å². The Hall–Kier alpha value is -2.89. The molecule has 6 heteroatoms. The normalized spacial score (nSPS) is 11.6. The lowest BCUT2D eigenvalue weighted by molar-refractivity contribution is -0.124. The number of hydrogen-bond donors (Lipinski definition) is 2. The number of amides is 2. The van der Waals surface area contributed by atoms with Crippen molar-refractivity contribution in [2.75, 3.05) is 30.9 Å². The van der Waals surface area contributed by atoms with Gasteiger partial charge in [-0.1, -0.05) is 25.5 Å². The van der Waals surface area contributed by atoms with Crippen molar-refractivity contribution in [2.45, 2.75) is 32.1 Å². The summed E-state index contributed by atoms with van der Waals surface area (Å²) < 4.78 is 13.1. The molecule has 2 aromatic carbocycles. The summed E-state index contributed by atoms with van der Waals surface area (Å²) in [4.78, 5) is 26.3. The zero-order valence-corrected chi connectivity index (χ0v) is 16.7. The third kappa shape index (κ3) is 6.68. The van der Waals surface area contributed by atoms with Gasteiger partial charge >= 0.3 is 0 Å². The Bertz CT molecular complexity index is 773. The van der Waals surface area contributed by atoms with Gasteiger partial charge < -0.3 is 15.5 Å². The van der Waals surface area contributed by atoms with Gasteiger partial charge in [-0.2, -0.15) is 0 Å². The van der Waals surface area contributed by atoms with Crippen molar-refractivity contribution in [1.29, 1.82) is 0 Å². The smallest absolute Gasteiger partial charge is 0.243 e. The van der Waals surface area contributed by atoms with E-state index in [2.05, 4.69) is 10.6 Å². The summed E-state index contributed by atoms with van der Waals surface area (Å²) >= 11 is 0. The molecule has 0 fully saturated rings. The van der Waals surface area contributed by atoms with E-state index in [1.54, 1.807) is 12.1 Å². The molecule has 1 atom stereocenters. The molecule has 0 spiro atoms. The van der Waals surface area contributed by atoms with Crippen LogP contribution in [0.4, 0.5) is 15.8 Å². The van der Waals surface area contributed by atoms with Gasteiger partial charge in [0.15, 0.2) is 0 Å². The van der Waals surface area contributed by atoms with Crippen molar-refractivity contribution in [3.8, 4) is 0 Å². The van der Waals surface area contributed by atoms with E-state index < -0.39 is 0 Å². The lowest BCUT2D eigenvalue weighted by Gasteiger charge is -2.16. The molecule has 0 radical (unpaired) electrons. The lowest BCUT2D eigenvalue weighted by atomic mass is 9.91. The Labute approximate surface area is 165 Å². The first-order valence-corrected chi connectivity index (χ1v) is 9.48. The van der Waals surface area contributed by atoms with Gasteiger partial charge in [-0.05, 0) is 54.3 Å². The largest absolute Gasteiger partial charge is 0.378 e. The van der Waals surface area contributed by atoms with E-state index in [-0.39, 0.29) is 36.5 Å². The SMILES string of the molecule is CCCC(CC(=O)NCC(=O)Nc1ccc(N(C)C)cc1)c1ccc(F)cc1. The predicted molar refractivity (Wildman–Crippen MR) is 111 cm³/mol. The number of carbonyl (C=O) groups is 2. The van der Waals surface area contributed by atoms with Crippen molar-refractivity contribution >= 4 is 23.2 Å². The molecule has 0 aliphatic carbocycles. The Morgan fingerprint density at radius 1 is 1.00 bits per heavy atom. The number of hydrogen-bond acceptors (Lipinski definition) is 3. The molecule has 2 amide bonds. The highest BCUT2D eigenvalue weighted by molar-refractivity contribution is 5.94. The molecule has 2 aromatic rings. The molecular formula is C22H28FN3O2. The number of carbonyl (C=O) groups excluding carboxylic acids is 2. The van der Waals surface area contributed by atoms with E-state index in [9.17, 15) is 14.0 Å². The molecule has 0 saturated heterocycles. The van der Waals surface area contributed by atoms with Crippen LogP contribution in [-0.2, 0) is 9.59 Å². The minimum Gasteiger partial charge on any atom is -0.378 e. The maximum absolute atomic E-state index is 13.1. The summed E-state index contributed by atoms with van der Waals surface area (Å²) in [7, 11) is 3.89. The number of rotatable bonds is 9. The Balaban J connectivity index is 1.84. The maximum atomic E-state index is 13.1. The van der Waals surface area contributed by atoms with Gasteiger partial charge in [-0.15, -0.1) is 0 Å². The third-order valence-corrected chi connectivity index (χ3v) is 4.52. The second kappa shape index (κ2) is 10.4. The zero-order valence-electron chi connectivity index (χ0n) is 16.7. The number of anilines is 2. The van der Waals surface area contributed by atoms with Gasteiger partial charge in [-0.3, -0.25) is 9.59 Å². The highest BCUT2D eigenvalue weighted by Gasteiger charge is 2.16. The van der Waals surface area contributed by atoms with Crippen molar-refractivity contribution < 1.29 is 14.0 Å². The first-order chi connectivity index (χ1) is 13.4. The Morgan fingerprint density at radius 3 is 2.21 bits per heavy atom. The van der Waals surface area contributed by atoms with Gasteiger partial charge in [0.1, 0.15) is 5.82 Å². The fraction of sp³-hybridized carbons (Fsp3) is 0.364. The molecule has 5 nitrogen and oxygen atoms in total. The van der Waals surface area contributed by atoms with E-state index in [4.69, 9.17) is 0 Å². The van der Waals surface area contributed by atoms with Crippen LogP contribution in [0.1, 0.15) is 37.7 Å². The number of nitrogens with zero attached hydrogens (tertiary/aromatic N) is 1. The van der Waals surface area contributed by atoms with Crippen LogP contribution in [0.25, 0.3) is 0 Å². The van der Waals surface area contributed by atoms with E-state index in [1.807, 2.05) is 50.2 Å². The van der Waals surface area contributed by atoms with Crippen LogP contribution in [0.3, 0.4) is 0 Å². The van der Waals surface area contributed by atoms with E-state index in [1.165, 1.54) is 12.1 Å². The van der Waals surface area contributed by atoms with Gasteiger partial charge in [0.25, 0.3) is 0 Å². The molecule has 150 valence electrons. The molecule has 0 aromatic heterocycles. The summed E-state index contributed by atoms with van der Waals surface area (Å²) in [6, 6.07) is 13.7. The van der Waals surface area contributed by atoms with Crippen LogP contribution >= 0.6 is 0 Å². The van der Waals surface area contributed by atoms with Crippen LogP contribution in [0.5, 0.6) is 0 Å². The Morgan fingerprint density at radius 2 is 1.64 bits per heavy atom. The van der Waals surface area contributed by atoms with Crippen molar-refractivity contribution in [1.82, 2.24) is 5.32 Å². The molecule has 0 saturated carbocycles. The highest BCUT2D eigenvalue weighted by atomic mass is 19.1. The quantitative estimate of drug-likeness (QED) is 0.688. The predicted octanol–water partition coefficient (Wildman–Crippen LogP) is 3.92. The monoisotopic (exact) mass is 385 g/mol. The molecule has 0 aliphatic rings. The number of nitrogens with one attached hydrogen (secondary N) is 2. The molecule has 28 heavy (non-hydrogen) atoms. The van der Waals surface area contributed by atoms with Gasteiger partial charge in [0.05, 0.1) is 6.54 Å². The number of benzene rings is 2. The van der Waals surface area contributed by atoms with Crippen molar-refractivity contribution in [3.63, 3.8) is 0 Å². The fourth-order valence-electron chi connectivity index (χ4n) is 2.99. The van der Waals surface area contributed by atoms with E-state index in [0.29, 0.717) is 5.69 Å². The molecule has 2 N–H and O–H groups in total. The van der Waals surface area contributed by atoms with Gasteiger partial charge in [-0.25, -0.2) is 4.39 Å². The molecule has 0 bridgehead atoms.